The maximum Gasteiger partial charge on any atom is 0.264 e. The topological polar surface area (TPSA) is 117 Å². The van der Waals surface area contributed by atoms with Crippen LogP contribution in [-0.4, -0.2) is 39.6 Å². The van der Waals surface area contributed by atoms with Gasteiger partial charge in [-0.25, -0.2) is 18.2 Å². The van der Waals surface area contributed by atoms with Crippen LogP contribution in [0, 0.1) is 5.82 Å². The molecule has 4 rings (SSSR count). The van der Waals surface area contributed by atoms with Crippen molar-refractivity contribution in [2.45, 2.75) is 4.90 Å². The Kier molecular flexibility index (Phi) is 9.67. The van der Waals surface area contributed by atoms with Crippen LogP contribution in [0.5, 0.6) is 5.75 Å². The Morgan fingerprint density at radius 3 is 2.20 bits per heavy atom. The Labute approximate surface area is 241 Å². The summed E-state index contributed by atoms with van der Waals surface area (Å²) in [6, 6.07) is 25.8. The lowest BCUT2D eigenvalue weighted by Gasteiger charge is -2.23. The number of hydrazone groups is 1. The Morgan fingerprint density at radius 1 is 0.878 bits per heavy atom. The van der Waals surface area contributed by atoms with E-state index in [1.165, 1.54) is 54.7 Å². The highest BCUT2D eigenvalue weighted by Crippen LogP contribution is 2.24. The number of halogens is 2. The van der Waals surface area contributed by atoms with Crippen molar-refractivity contribution in [2.75, 3.05) is 22.8 Å². The molecule has 0 aromatic heterocycles. The number of nitrogens with one attached hydrogen (secondary N) is 2. The molecule has 0 aliphatic carbocycles. The molecule has 0 heterocycles. The number of para-hydroxylation sites is 1. The van der Waals surface area contributed by atoms with Gasteiger partial charge in [0.1, 0.15) is 18.1 Å². The molecule has 0 saturated heterocycles. The lowest BCUT2D eigenvalue weighted by molar-refractivity contribution is -0.119. The van der Waals surface area contributed by atoms with Gasteiger partial charge in [-0.15, -0.1) is 0 Å². The number of nitrogens with zero attached hydrogens (tertiary/aromatic N) is 2. The first-order valence-corrected chi connectivity index (χ1v) is 14.0. The van der Waals surface area contributed by atoms with Crippen molar-refractivity contribution in [2.24, 2.45) is 5.10 Å². The van der Waals surface area contributed by atoms with Gasteiger partial charge >= 0.3 is 0 Å². The zero-order chi connectivity index (χ0) is 29.2. The predicted molar refractivity (Wildman–Crippen MR) is 155 cm³/mol. The zero-order valence-electron chi connectivity index (χ0n) is 21.4. The number of carbonyl (C=O) groups is 2. The van der Waals surface area contributed by atoms with E-state index < -0.39 is 34.2 Å². The first-order valence-electron chi connectivity index (χ1n) is 12.1. The van der Waals surface area contributed by atoms with Crippen molar-refractivity contribution >= 4 is 51.0 Å². The van der Waals surface area contributed by atoms with Crippen LogP contribution in [0.25, 0.3) is 0 Å². The van der Waals surface area contributed by atoms with Crippen molar-refractivity contribution in [3.8, 4) is 5.75 Å². The van der Waals surface area contributed by atoms with Crippen LogP contribution in [0.3, 0.4) is 0 Å². The summed E-state index contributed by atoms with van der Waals surface area (Å²) in [5.74, 6) is -1.05. The quantitative estimate of drug-likeness (QED) is 0.190. The largest absolute Gasteiger partial charge is 0.484 e. The van der Waals surface area contributed by atoms with E-state index in [-0.39, 0.29) is 11.5 Å². The lowest BCUT2D eigenvalue weighted by atomic mass is 10.2. The third-order valence-electron chi connectivity index (χ3n) is 5.51. The molecule has 0 unspecified atom stereocenters. The molecule has 0 aliphatic heterocycles. The second-order valence-electron chi connectivity index (χ2n) is 8.51. The number of hydrogen-bond acceptors (Lipinski definition) is 6. The van der Waals surface area contributed by atoms with Crippen LogP contribution in [0.2, 0.25) is 5.02 Å². The summed E-state index contributed by atoms with van der Waals surface area (Å²) in [6.07, 6.45) is 1.38. The molecule has 9 nitrogen and oxygen atoms in total. The summed E-state index contributed by atoms with van der Waals surface area (Å²) >= 11 is 5.90. The van der Waals surface area contributed by atoms with Crippen molar-refractivity contribution in [1.29, 1.82) is 0 Å². The Bertz CT molecular complexity index is 1620. The van der Waals surface area contributed by atoms with Gasteiger partial charge in [0.2, 0.25) is 0 Å². The molecular weight excluding hydrogens is 571 g/mol. The maximum atomic E-state index is 13.3. The van der Waals surface area contributed by atoms with Gasteiger partial charge in [-0.3, -0.25) is 13.9 Å². The Morgan fingerprint density at radius 2 is 1.54 bits per heavy atom. The van der Waals surface area contributed by atoms with E-state index in [4.69, 9.17) is 16.3 Å². The van der Waals surface area contributed by atoms with E-state index in [1.54, 1.807) is 54.6 Å². The number of sulfonamides is 1. The fraction of sp³-hybridized carbons (Fsp3) is 0.0690. The van der Waals surface area contributed by atoms with Crippen LogP contribution >= 0.6 is 11.6 Å². The molecule has 2 amide bonds. The Balaban J connectivity index is 1.32. The summed E-state index contributed by atoms with van der Waals surface area (Å²) in [4.78, 5) is 24.7. The van der Waals surface area contributed by atoms with Crippen molar-refractivity contribution < 1.29 is 27.1 Å². The molecule has 4 aromatic carbocycles. The average Bonchev–Trinajstić information content (AvgIpc) is 2.97. The lowest BCUT2D eigenvalue weighted by Crippen LogP contribution is -2.39. The number of carbonyl (C=O) groups excluding carboxylic acids is 2. The highest BCUT2D eigenvalue weighted by molar-refractivity contribution is 7.92. The SMILES string of the molecule is O=C(CN(c1ccccc1)S(=O)(=O)c1ccc(Cl)cc1)N/N=C\c1ccc(OCC(=O)Nc2ccc(F)cc2)cc1. The van der Waals surface area contributed by atoms with Gasteiger partial charge in [0.25, 0.3) is 21.8 Å². The molecule has 4 aromatic rings. The molecule has 2 N–H and O–H groups in total. The number of hydrogen-bond donors (Lipinski definition) is 2. The minimum atomic E-state index is -4.07. The third-order valence-corrected chi connectivity index (χ3v) is 7.55. The van der Waals surface area contributed by atoms with Gasteiger partial charge in [0.15, 0.2) is 6.61 Å². The molecule has 12 heteroatoms. The highest BCUT2D eigenvalue weighted by atomic mass is 35.5. The van der Waals surface area contributed by atoms with Gasteiger partial charge in [0, 0.05) is 10.7 Å². The number of amides is 2. The van der Waals surface area contributed by atoms with Crippen LogP contribution in [0.15, 0.2) is 113 Å². The second-order valence-corrected chi connectivity index (χ2v) is 10.8. The van der Waals surface area contributed by atoms with Gasteiger partial charge in [0.05, 0.1) is 16.8 Å². The van der Waals surface area contributed by atoms with E-state index in [2.05, 4.69) is 15.8 Å². The normalized spacial score (nSPS) is 11.2. The fourth-order valence-corrected chi connectivity index (χ4v) is 5.06. The number of rotatable bonds is 11. The van der Waals surface area contributed by atoms with Crippen LogP contribution in [0.1, 0.15) is 5.56 Å². The van der Waals surface area contributed by atoms with Gasteiger partial charge < -0.3 is 10.1 Å². The van der Waals surface area contributed by atoms with Crippen LogP contribution in [-0.2, 0) is 19.6 Å². The van der Waals surface area contributed by atoms with Crippen molar-refractivity contribution in [1.82, 2.24) is 5.43 Å². The van der Waals surface area contributed by atoms with Crippen molar-refractivity contribution in [3.63, 3.8) is 0 Å². The summed E-state index contributed by atoms with van der Waals surface area (Å²) in [6.45, 7) is -0.767. The molecule has 0 atom stereocenters. The van der Waals surface area contributed by atoms with Gasteiger partial charge in [-0.2, -0.15) is 5.10 Å². The molecule has 0 bridgehead atoms. The summed E-state index contributed by atoms with van der Waals surface area (Å²) in [5, 5.41) is 6.90. The van der Waals surface area contributed by atoms with Crippen molar-refractivity contribution in [3.05, 3.63) is 120 Å². The summed E-state index contributed by atoms with van der Waals surface area (Å²) in [5.41, 5.74) is 3.71. The van der Waals surface area contributed by atoms with E-state index in [0.29, 0.717) is 27.7 Å². The van der Waals surface area contributed by atoms with E-state index in [0.717, 1.165) is 4.31 Å². The zero-order valence-corrected chi connectivity index (χ0v) is 23.0. The fourth-order valence-electron chi connectivity index (χ4n) is 3.52. The first kappa shape index (κ1) is 29.2. The van der Waals surface area contributed by atoms with E-state index in [1.807, 2.05) is 0 Å². The molecule has 0 spiro atoms. The van der Waals surface area contributed by atoms with Crippen LogP contribution < -0.4 is 19.8 Å². The van der Waals surface area contributed by atoms with Gasteiger partial charge in [-0.05, 0) is 90.5 Å². The standard InChI is InChI=1S/C29H24ClFN4O5S/c30-22-8-16-27(17-9-22)41(38,39)35(25-4-2-1-3-5-25)19-28(36)34-32-18-21-6-14-26(15-7-21)40-20-29(37)33-24-12-10-23(31)11-13-24/h1-18H,19-20H2,(H,33,37)(H,34,36)/b32-18-. The van der Waals surface area contributed by atoms with Gasteiger partial charge in [-0.1, -0.05) is 29.8 Å². The Hall–Kier alpha value is -4.74. The first-order chi connectivity index (χ1) is 19.7. The number of anilines is 2. The highest BCUT2D eigenvalue weighted by Gasteiger charge is 2.27. The molecule has 210 valence electrons. The van der Waals surface area contributed by atoms with E-state index in [9.17, 15) is 22.4 Å². The van der Waals surface area contributed by atoms with Crippen LogP contribution in [0.4, 0.5) is 15.8 Å². The molecule has 0 aliphatic rings. The summed E-state index contributed by atoms with van der Waals surface area (Å²) < 4.78 is 46.1. The molecule has 0 radical (unpaired) electrons. The molecule has 0 fully saturated rings. The smallest absolute Gasteiger partial charge is 0.264 e. The van der Waals surface area contributed by atoms with E-state index >= 15 is 0 Å². The summed E-state index contributed by atoms with van der Waals surface area (Å²) in [7, 11) is -4.07. The molecule has 0 saturated carbocycles. The third kappa shape index (κ3) is 8.37. The second kappa shape index (κ2) is 13.6. The average molecular weight is 595 g/mol. The minimum Gasteiger partial charge on any atom is -0.484 e. The minimum absolute atomic E-state index is 0.0164. The maximum absolute atomic E-state index is 13.3. The molecule has 41 heavy (non-hydrogen) atoms. The predicted octanol–water partition coefficient (Wildman–Crippen LogP) is 4.84. The molecular formula is C29H24ClFN4O5S. The monoisotopic (exact) mass is 594 g/mol. The number of benzene rings is 4. The number of ether oxygens (including phenoxy) is 1.